The molecule has 1 amide bonds. The zero-order valence-corrected chi connectivity index (χ0v) is 20.8. The molecule has 5 nitrogen and oxygen atoms in total. The van der Waals surface area contributed by atoms with Gasteiger partial charge in [0.25, 0.3) is 5.91 Å². The van der Waals surface area contributed by atoms with Crippen molar-refractivity contribution in [2.45, 2.75) is 11.4 Å². The number of hydrogen-bond acceptors (Lipinski definition) is 5. The fraction of sp³-hybridized carbons (Fsp3) is 0.0833. The number of sulfone groups is 1. The van der Waals surface area contributed by atoms with Crippen molar-refractivity contribution in [1.29, 1.82) is 0 Å². The molecule has 0 aliphatic heterocycles. The molecule has 1 heterocycles. The fourth-order valence-corrected chi connectivity index (χ4v) is 5.93. The number of nitrogens with one attached hydrogen (secondary N) is 1. The molecule has 0 unspecified atom stereocenters. The van der Waals surface area contributed by atoms with E-state index in [1.807, 2.05) is 0 Å². The maximum Gasteiger partial charge on any atom is 0.280 e. The Labute approximate surface area is 210 Å². The number of hydrogen-bond donors (Lipinski definition) is 1. The lowest BCUT2D eigenvalue weighted by molar-refractivity contribution is 0.0950. The second-order valence-electron chi connectivity index (χ2n) is 7.43. The van der Waals surface area contributed by atoms with Crippen LogP contribution in [-0.4, -0.2) is 25.6 Å². The molecule has 1 N–H and O–H groups in total. The molecule has 0 aliphatic carbocycles. The first-order valence-electron chi connectivity index (χ1n) is 9.91. The van der Waals surface area contributed by atoms with Gasteiger partial charge in [0.1, 0.15) is 5.82 Å². The number of thiazole rings is 1. The Bertz CT molecular complexity index is 1470. The number of halogens is 3. The van der Waals surface area contributed by atoms with E-state index in [9.17, 15) is 17.6 Å². The number of amides is 1. The Kier molecular flexibility index (Phi) is 7.04. The average Bonchev–Trinajstić information content (AvgIpc) is 3.22. The predicted octanol–water partition coefficient (Wildman–Crippen LogP) is 6.26. The second-order valence-corrected chi connectivity index (χ2v) is 11.3. The zero-order valence-electron chi connectivity index (χ0n) is 17.7. The highest BCUT2D eigenvalue weighted by atomic mass is 35.5. The maximum atomic E-state index is 13.5. The molecule has 0 fully saturated rings. The maximum absolute atomic E-state index is 13.5. The standard InChI is InChI=1S/C24H17Cl2FN2O3S2/c1-34(31,32)20-5-3-2-4-19(20)22-21(15-6-8-18(27)9-7-15)29-24(33-22)23(30)28-13-14-10-16(25)12-17(26)11-14/h2-12H,13H2,1H3,(H,28,30). The van der Waals surface area contributed by atoms with E-state index in [0.29, 0.717) is 37.3 Å². The van der Waals surface area contributed by atoms with E-state index in [0.717, 1.165) is 17.6 Å². The van der Waals surface area contributed by atoms with Gasteiger partial charge in [0.05, 0.1) is 15.5 Å². The minimum atomic E-state index is -3.56. The lowest BCUT2D eigenvalue weighted by Gasteiger charge is -2.08. The van der Waals surface area contributed by atoms with Crippen LogP contribution in [0.25, 0.3) is 21.7 Å². The first-order valence-corrected chi connectivity index (χ1v) is 13.4. The molecule has 0 saturated heterocycles. The molecule has 0 bridgehead atoms. The monoisotopic (exact) mass is 534 g/mol. The quantitative estimate of drug-likeness (QED) is 0.317. The van der Waals surface area contributed by atoms with Crippen molar-refractivity contribution < 1.29 is 17.6 Å². The van der Waals surface area contributed by atoms with E-state index >= 15 is 0 Å². The van der Waals surface area contributed by atoms with Gasteiger partial charge in [0.2, 0.25) is 0 Å². The molecular formula is C24H17Cl2FN2O3S2. The first kappa shape index (κ1) is 24.3. The molecule has 3 aromatic carbocycles. The summed E-state index contributed by atoms with van der Waals surface area (Å²) >= 11 is 13.1. The third-order valence-electron chi connectivity index (χ3n) is 4.85. The minimum Gasteiger partial charge on any atom is -0.346 e. The Morgan fingerprint density at radius 3 is 2.32 bits per heavy atom. The summed E-state index contributed by atoms with van der Waals surface area (Å²) in [4.78, 5) is 18.0. The van der Waals surface area contributed by atoms with Gasteiger partial charge in [-0.05, 0) is 54.1 Å². The van der Waals surface area contributed by atoms with E-state index in [-0.39, 0.29) is 16.4 Å². The molecule has 34 heavy (non-hydrogen) atoms. The molecule has 0 aliphatic rings. The van der Waals surface area contributed by atoms with Crippen LogP contribution in [0.5, 0.6) is 0 Å². The smallest absolute Gasteiger partial charge is 0.280 e. The first-order chi connectivity index (χ1) is 16.1. The third kappa shape index (κ3) is 5.47. The Morgan fingerprint density at radius 2 is 1.68 bits per heavy atom. The van der Waals surface area contributed by atoms with E-state index < -0.39 is 21.6 Å². The Balaban J connectivity index is 1.76. The summed E-state index contributed by atoms with van der Waals surface area (Å²) in [5, 5.41) is 3.81. The summed E-state index contributed by atoms with van der Waals surface area (Å²) in [6.45, 7) is 0.167. The highest BCUT2D eigenvalue weighted by molar-refractivity contribution is 7.90. The van der Waals surface area contributed by atoms with Crippen LogP contribution < -0.4 is 5.32 Å². The second kappa shape index (κ2) is 9.84. The number of nitrogens with zero attached hydrogens (tertiary/aromatic N) is 1. The van der Waals surface area contributed by atoms with Crippen molar-refractivity contribution in [3.05, 3.63) is 93.2 Å². The molecule has 4 rings (SSSR count). The Hall–Kier alpha value is -2.78. The van der Waals surface area contributed by atoms with Crippen LogP contribution in [-0.2, 0) is 16.4 Å². The predicted molar refractivity (Wildman–Crippen MR) is 134 cm³/mol. The Morgan fingerprint density at radius 1 is 1.03 bits per heavy atom. The molecule has 0 saturated carbocycles. The largest absolute Gasteiger partial charge is 0.346 e. The number of rotatable bonds is 6. The average molecular weight is 535 g/mol. The number of benzene rings is 3. The summed E-state index contributed by atoms with van der Waals surface area (Å²) < 4.78 is 38.3. The molecule has 0 spiro atoms. The highest BCUT2D eigenvalue weighted by Gasteiger charge is 2.23. The van der Waals surface area contributed by atoms with E-state index in [1.54, 1.807) is 36.4 Å². The zero-order chi connectivity index (χ0) is 24.5. The van der Waals surface area contributed by atoms with Gasteiger partial charge >= 0.3 is 0 Å². The van der Waals surface area contributed by atoms with Crippen molar-refractivity contribution >= 4 is 50.3 Å². The van der Waals surface area contributed by atoms with Crippen molar-refractivity contribution in [2.24, 2.45) is 0 Å². The lowest BCUT2D eigenvalue weighted by atomic mass is 10.1. The summed E-state index contributed by atoms with van der Waals surface area (Å²) in [7, 11) is -3.56. The number of carbonyl (C=O) groups is 1. The lowest BCUT2D eigenvalue weighted by Crippen LogP contribution is -2.22. The number of carbonyl (C=O) groups excluding carboxylic acids is 1. The minimum absolute atomic E-state index is 0.113. The third-order valence-corrected chi connectivity index (χ3v) is 7.52. The van der Waals surface area contributed by atoms with Gasteiger partial charge in [0, 0.05) is 34.0 Å². The van der Waals surface area contributed by atoms with Gasteiger partial charge in [-0.25, -0.2) is 17.8 Å². The van der Waals surface area contributed by atoms with Gasteiger partial charge in [-0.1, -0.05) is 41.4 Å². The van der Waals surface area contributed by atoms with Gasteiger partial charge in [-0.2, -0.15) is 0 Å². The summed E-state index contributed by atoms with van der Waals surface area (Å²) in [5.41, 5.74) is 2.07. The van der Waals surface area contributed by atoms with E-state index in [4.69, 9.17) is 23.2 Å². The van der Waals surface area contributed by atoms with Crippen molar-refractivity contribution in [3.8, 4) is 21.7 Å². The molecule has 174 valence electrons. The fourth-order valence-electron chi connectivity index (χ4n) is 3.35. The topological polar surface area (TPSA) is 76.1 Å². The van der Waals surface area contributed by atoms with Gasteiger partial charge in [0.15, 0.2) is 14.8 Å². The number of aromatic nitrogens is 1. The molecule has 4 aromatic rings. The van der Waals surface area contributed by atoms with Crippen LogP contribution in [0.3, 0.4) is 0 Å². The SMILES string of the molecule is CS(=O)(=O)c1ccccc1-c1sc(C(=O)NCc2cc(Cl)cc(Cl)c2)nc1-c1ccc(F)cc1. The van der Waals surface area contributed by atoms with Crippen LogP contribution in [0, 0.1) is 5.82 Å². The summed E-state index contributed by atoms with van der Waals surface area (Å²) in [6, 6.07) is 17.1. The van der Waals surface area contributed by atoms with Crippen molar-refractivity contribution in [3.63, 3.8) is 0 Å². The van der Waals surface area contributed by atoms with E-state index in [1.165, 1.54) is 30.3 Å². The van der Waals surface area contributed by atoms with Crippen LogP contribution in [0.2, 0.25) is 10.0 Å². The van der Waals surface area contributed by atoms with Crippen LogP contribution in [0.15, 0.2) is 71.6 Å². The van der Waals surface area contributed by atoms with Gasteiger partial charge < -0.3 is 5.32 Å². The molecule has 10 heteroatoms. The molecule has 0 atom stereocenters. The van der Waals surface area contributed by atoms with Gasteiger partial charge in [-0.3, -0.25) is 4.79 Å². The van der Waals surface area contributed by atoms with Crippen LogP contribution in [0.4, 0.5) is 4.39 Å². The van der Waals surface area contributed by atoms with Crippen molar-refractivity contribution in [1.82, 2.24) is 10.3 Å². The summed E-state index contributed by atoms with van der Waals surface area (Å²) in [6.07, 6.45) is 1.12. The molecule has 1 aromatic heterocycles. The van der Waals surface area contributed by atoms with E-state index in [2.05, 4.69) is 10.3 Å². The summed E-state index contributed by atoms with van der Waals surface area (Å²) in [5.74, 6) is -0.872. The normalized spacial score (nSPS) is 11.4. The van der Waals surface area contributed by atoms with Crippen LogP contribution in [0.1, 0.15) is 15.4 Å². The highest BCUT2D eigenvalue weighted by Crippen LogP contribution is 2.40. The van der Waals surface area contributed by atoms with Crippen LogP contribution >= 0.6 is 34.5 Å². The van der Waals surface area contributed by atoms with Gasteiger partial charge in [-0.15, -0.1) is 11.3 Å². The molecular weight excluding hydrogens is 518 g/mol. The molecule has 0 radical (unpaired) electrons. The van der Waals surface area contributed by atoms with Crippen molar-refractivity contribution in [2.75, 3.05) is 6.26 Å².